The van der Waals surface area contributed by atoms with Gasteiger partial charge in [0, 0.05) is 16.7 Å². The van der Waals surface area contributed by atoms with Crippen LogP contribution in [0.3, 0.4) is 0 Å². The Morgan fingerprint density at radius 3 is 1.12 bits per heavy atom. The van der Waals surface area contributed by atoms with Crippen LogP contribution in [0.2, 0.25) is 0 Å². The number of rotatable bonds is 5. The summed E-state index contributed by atoms with van der Waals surface area (Å²) in [5.41, 5.74) is 7.42. The lowest BCUT2D eigenvalue weighted by atomic mass is 9.87. The Morgan fingerprint density at radius 2 is 0.567 bits per heavy atom. The summed E-state index contributed by atoms with van der Waals surface area (Å²) >= 11 is 0. The molecular formula is C57H35N3. The largest absolute Gasteiger partial charge is 0.208 e. The van der Waals surface area contributed by atoms with E-state index in [1.807, 2.05) is 36.4 Å². The number of nitrogens with zero attached hydrogens (tertiary/aromatic N) is 3. The van der Waals surface area contributed by atoms with Gasteiger partial charge < -0.3 is 0 Å². The Balaban J connectivity index is 1.13. The van der Waals surface area contributed by atoms with E-state index < -0.39 is 0 Å². The van der Waals surface area contributed by atoms with Gasteiger partial charge in [0.15, 0.2) is 17.5 Å². The summed E-state index contributed by atoms with van der Waals surface area (Å²) in [6, 6.07) is 76.0. The molecule has 0 saturated carbocycles. The number of hydrogen-bond donors (Lipinski definition) is 0. The minimum Gasteiger partial charge on any atom is -0.208 e. The lowest BCUT2D eigenvalue weighted by Gasteiger charge is -2.17. The van der Waals surface area contributed by atoms with Crippen LogP contribution in [0.25, 0.3) is 121 Å². The molecular weight excluding hydrogens is 727 g/mol. The predicted molar refractivity (Wildman–Crippen MR) is 252 cm³/mol. The third-order valence-corrected chi connectivity index (χ3v) is 12.1. The van der Waals surface area contributed by atoms with Crippen LogP contribution >= 0.6 is 0 Å². The van der Waals surface area contributed by atoms with Crippen LogP contribution in [-0.2, 0) is 0 Å². The Labute approximate surface area is 346 Å². The van der Waals surface area contributed by atoms with Gasteiger partial charge in [-0.15, -0.1) is 0 Å². The van der Waals surface area contributed by atoms with Gasteiger partial charge in [-0.2, -0.15) is 0 Å². The van der Waals surface area contributed by atoms with Crippen LogP contribution in [0, 0.1) is 0 Å². The van der Waals surface area contributed by atoms with Crippen LogP contribution < -0.4 is 0 Å². The van der Waals surface area contributed by atoms with Crippen molar-refractivity contribution in [2.24, 2.45) is 0 Å². The van der Waals surface area contributed by atoms with E-state index in [4.69, 9.17) is 15.0 Å². The summed E-state index contributed by atoms with van der Waals surface area (Å²) in [5.74, 6) is 1.92. The molecule has 278 valence electrons. The second kappa shape index (κ2) is 13.8. The maximum Gasteiger partial charge on any atom is 0.164 e. The SMILES string of the molecule is c1ccc(-c2nc(-c3ccccc3)nc(-c3cc(-c4cccc(-c5ccc6c7ccccc7c7ccccc7c6c5)c4)c4c5ccccc5c5ccccc5c4c3)n2)cc1. The maximum absolute atomic E-state index is 5.20. The lowest BCUT2D eigenvalue weighted by Crippen LogP contribution is -2.00. The summed E-state index contributed by atoms with van der Waals surface area (Å²) < 4.78 is 0. The highest BCUT2D eigenvalue weighted by Crippen LogP contribution is 2.44. The van der Waals surface area contributed by atoms with E-state index in [0.717, 1.165) is 38.8 Å². The van der Waals surface area contributed by atoms with Crippen molar-refractivity contribution in [2.45, 2.75) is 0 Å². The Morgan fingerprint density at radius 1 is 0.200 bits per heavy atom. The standard InChI is InChI=1S/C57H35N3/c1-3-16-36(17-4-1)55-58-56(37-18-5-2-6-19-37)60-57(59-55)41-34-51(54-50-29-14-13-26-46(50)45-25-10-12-28-48(45)53(54)35-41)40-21-15-20-38(32-40)39-30-31-49-44-24-8-7-22-42(44)43-23-9-11-27-47(43)52(49)33-39/h1-35H. The van der Waals surface area contributed by atoms with E-state index in [9.17, 15) is 0 Å². The Kier molecular flexibility index (Phi) is 7.85. The normalized spacial score (nSPS) is 11.7. The Bertz CT molecular complexity index is 3560. The second-order valence-electron chi connectivity index (χ2n) is 15.5. The first-order chi connectivity index (χ1) is 29.7. The van der Waals surface area contributed by atoms with E-state index in [1.165, 1.54) is 64.8 Å². The molecule has 0 bridgehead atoms. The molecule has 60 heavy (non-hydrogen) atoms. The fraction of sp³-hybridized carbons (Fsp3) is 0. The number of aromatic nitrogens is 3. The summed E-state index contributed by atoms with van der Waals surface area (Å²) in [7, 11) is 0. The van der Waals surface area contributed by atoms with Crippen LogP contribution in [0.15, 0.2) is 212 Å². The zero-order chi connectivity index (χ0) is 39.6. The van der Waals surface area contributed by atoms with Crippen molar-refractivity contribution < 1.29 is 0 Å². The quantitative estimate of drug-likeness (QED) is 0.164. The molecule has 12 rings (SSSR count). The molecule has 0 fully saturated rings. The van der Waals surface area contributed by atoms with Gasteiger partial charge in [0.1, 0.15) is 0 Å². The summed E-state index contributed by atoms with van der Waals surface area (Å²) in [6.45, 7) is 0. The molecule has 0 saturated heterocycles. The highest BCUT2D eigenvalue weighted by molar-refractivity contribution is 6.29. The van der Waals surface area contributed by atoms with Crippen molar-refractivity contribution in [3.8, 4) is 56.4 Å². The van der Waals surface area contributed by atoms with Gasteiger partial charge in [0.25, 0.3) is 0 Å². The van der Waals surface area contributed by atoms with E-state index in [0.29, 0.717) is 17.5 Å². The Hall–Kier alpha value is -8.01. The van der Waals surface area contributed by atoms with Gasteiger partial charge in [-0.25, -0.2) is 15.0 Å². The molecule has 0 spiro atoms. The topological polar surface area (TPSA) is 38.7 Å². The van der Waals surface area contributed by atoms with Crippen molar-refractivity contribution in [3.63, 3.8) is 0 Å². The number of fused-ring (bicyclic) bond motifs is 12. The van der Waals surface area contributed by atoms with Gasteiger partial charge in [0.2, 0.25) is 0 Å². The molecule has 0 atom stereocenters. The molecule has 0 aliphatic heterocycles. The zero-order valence-electron chi connectivity index (χ0n) is 32.5. The number of hydrogen-bond acceptors (Lipinski definition) is 3. The van der Waals surface area contributed by atoms with Crippen LogP contribution in [0.4, 0.5) is 0 Å². The van der Waals surface area contributed by atoms with Gasteiger partial charge in [-0.1, -0.05) is 188 Å². The summed E-state index contributed by atoms with van der Waals surface area (Å²) in [4.78, 5) is 15.4. The predicted octanol–water partition coefficient (Wildman–Crippen LogP) is 15.1. The van der Waals surface area contributed by atoms with Crippen molar-refractivity contribution in [2.75, 3.05) is 0 Å². The first kappa shape index (κ1) is 34.1. The molecule has 11 aromatic carbocycles. The molecule has 0 amide bonds. The molecule has 0 N–H and O–H groups in total. The molecule has 1 aromatic heterocycles. The third kappa shape index (κ3) is 5.55. The van der Waals surface area contributed by atoms with Crippen LogP contribution in [-0.4, -0.2) is 15.0 Å². The minimum absolute atomic E-state index is 0.632. The highest BCUT2D eigenvalue weighted by Gasteiger charge is 2.19. The lowest BCUT2D eigenvalue weighted by molar-refractivity contribution is 1.07. The monoisotopic (exact) mass is 761 g/mol. The van der Waals surface area contributed by atoms with E-state index in [-0.39, 0.29) is 0 Å². The minimum atomic E-state index is 0.632. The summed E-state index contributed by atoms with van der Waals surface area (Å²) in [5, 5.41) is 14.9. The molecule has 3 heteroatoms. The van der Waals surface area contributed by atoms with Crippen molar-refractivity contribution >= 4 is 64.6 Å². The molecule has 3 nitrogen and oxygen atoms in total. The zero-order valence-corrected chi connectivity index (χ0v) is 32.5. The van der Waals surface area contributed by atoms with E-state index in [1.54, 1.807) is 0 Å². The number of benzene rings is 11. The van der Waals surface area contributed by atoms with Crippen molar-refractivity contribution in [1.29, 1.82) is 0 Å². The van der Waals surface area contributed by atoms with Gasteiger partial charge in [0.05, 0.1) is 0 Å². The fourth-order valence-electron chi connectivity index (χ4n) is 9.28. The average Bonchev–Trinajstić information content (AvgIpc) is 3.34. The molecule has 1 heterocycles. The van der Waals surface area contributed by atoms with Crippen molar-refractivity contribution in [3.05, 3.63) is 212 Å². The van der Waals surface area contributed by atoms with E-state index in [2.05, 4.69) is 176 Å². The first-order valence-corrected chi connectivity index (χ1v) is 20.4. The summed E-state index contributed by atoms with van der Waals surface area (Å²) in [6.07, 6.45) is 0. The molecule has 12 aromatic rings. The fourth-order valence-corrected chi connectivity index (χ4v) is 9.28. The van der Waals surface area contributed by atoms with Crippen LogP contribution in [0.1, 0.15) is 0 Å². The van der Waals surface area contributed by atoms with Gasteiger partial charge in [-0.3, -0.25) is 0 Å². The highest BCUT2D eigenvalue weighted by atomic mass is 15.0. The van der Waals surface area contributed by atoms with Crippen molar-refractivity contribution in [1.82, 2.24) is 15.0 Å². The van der Waals surface area contributed by atoms with Gasteiger partial charge >= 0.3 is 0 Å². The van der Waals surface area contributed by atoms with E-state index >= 15 is 0 Å². The van der Waals surface area contributed by atoms with Crippen LogP contribution in [0.5, 0.6) is 0 Å². The average molecular weight is 762 g/mol. The molecule has 0 aliphatic carbocycles. The molecule has 0 unspecified atom stereocenters. The first-order valence-electron chi connectivity index (χ1n) is 20.4. The second-order valence-corrected chi connectivity index (χ2v) is 15.5. The maximum atomic E-state index is 5.20. The molecule has 0 radical (unpaired) electrons. The smallest absolute Gasteiger partial charge is 0.164 e. The third-order valence-electron chi connectivity index (χ3n) is 12.1. The molecule has 0 aliphatic rings. The van der Waals surface area contributed by atoms with Gasteiger partial charge in [-0.05, 0) is 111 Å².